The summed E-state index contributed by atoms with van der Waals surface area (Å²) in [6.45, 7) is 11.0. The number of carbonyl (C=O) groups is 1. The van der Waals surface area contributed by atoms with Crippen molar-refractivity contribution in [2.45, 2.75) is 20.0 Å². The lowest BCUT2D eigenvalue weighted by Gasteiger charge is -2.34. The molecule has 2 aliphatic heterocycles. The lowest BCUT2D eigenvalue weighted by molar-refractivity contribution is -0.146. The summed E-state index contributed by atoms with van der Waals surface area (Å²) in [5, 5.41) is 0. The SMILES string of the molecule is CCN1CCOC(CN2CC(C)C(C(=O)OC)C2)C1. The molecule has 0 bridgehead atoms. The van der Waals surface area contributed by atoms with Gasteiger partial charge in [0, 0.05) is 32.7 Å². The molecule has 3 atom stereocenters. The Labute approximate surface area is 115 Å². The van der Waals surface area contributed by atoms with E-state index in [1.807, 2.05) is 0 Å². The molecule has 0 aromatic carbocycles. The number of hydrogen-bond donors (Lipinski definition) is 0. The number of morpholine rings is 1. The van der Waals surface area contributed by atoms with E-state index in [1.54, 1.807) is 0 Å². The predicted octanol–water partition coefficient (Wildman–Crippen LogP) is 0.448. The molecule has 110 valence electrons. The molecule has 0 saturated carbocycles. The summed E-state index contributed by atoms with van der Waals surface area (Å²) in [5.41, 5.74) is 0. The van der Waals surface area contributed by atoms with Gasteiger partial charge in [-0.15, -0.1) is 0 Å². The minimum atomic E-state index is -0.0743. The minimum Gasteiger partial charge on any atom is -0.469 e. The molecule has 0 aliphatic carbocycles. The van der Waals surface area contributed by atoms with Crippen LogP contribution < -0.4 is 0 Å². The first-order valence-electron chi connectivity index (χ1n) is 7.28. The molecular formula is C14H26N2O3. The number of likely N-dealkylation sites (N-methyl/N-ethyl adjacent to an activating group) is 1. The Morgan fingerprint density at radius 1 is 1.32 bits per heavy atom. The monoisotopic (exact) mass is 270 g/mol. The van der Waals surface area contributed by atoms with Crippen LogP contribution in [0.2, 0.25) is 0 Å². The molecule has 19 heavy (non-hydrogen) atoms. The molecule has 3 unspecified atom stereocenters. The van der Waals surface area contributed by atoms with E-state index < -0.39 is 0 Å². The molecule has 2 heterocycles. The van der Waals surface area contributed by atoms with Crippen molar-refractivity contribution in [2.24, 2.45) is 11.8 Å². The average molecular weight is 270 g/mol. The van der Waals surface area contributed by atoms with Crippen molar-refractivity contribution in [2.75, 3.05) is 53.0 Å². The highest BCUT2D eigenvalue weighted by Gasteiger charge is 2.36. The number of rotatable bonds is 4. The molecule has 2 aliphatic rings. The Morgan fingerprint density at radius 3 is 2.79 bits per heavy atom. The van der Waals surface area contributed by atoms with Crippen LogP contribution in [-0.4, -0.2) is 74.9 Å². The van der Waals surface area contributed by atoms with Gasteiger partial charge >= 0.3 is 5.97 Å². The Morgan fingerprint density at radius 2 is 2.11 bits per heavy atom. The fourth-order valence-electron chi connectivity index (χ4n) is 3.14. The van der Waals surface area contributed by atoms with Crippen molar-refractivity contribution < 1.29 is 14.3 Å². The number of methoxy groups -OCH3 is 1. The molecule has 2 saturated heterocycles. The van der Waals surface area contributed by atoms with Gasteiger partial charge in [-0.2, -0.15) is 0 Å². The van der Waals surface area contributed by atoms with Crippen molar-refractivity contribution in [1.29, 1.82) is 0 Å². The topological polar surface area (TPSA) is 42.0 Å². The molecular weight excluding hydrogens is 244 g/mol. The second-order valence-electron chi connectivity index (χ2n) is 5.71. The summed E-state index contributed by atoms with van der Waals surface area (Å²) in [5.74, 6) is 0.323. The molecule has 2 fully saturated rings. The van der Waals surface area contributed by atoms with Crippen molar-refractivity contribution in [3.8, 4) is 0 Å². The molecule has 5 heteroatoms. The highest BCUT2D eigenvalue weighted by Crippen LogP contribution is 2.24. The summed E-state index contributed by atoms with van der Waals surface area (Å²) in [6, 6.07) is 0. The van der Waals surface area contributed by atoms with E-state index in [0.717, 1.165) is 45.9 Å². The first kappa shape index (κ1) is 14.8. The van der Waals surface area contributed by atoms with Gasteiger partial charge in [0.05, 0.1) is 25.7 Å². The molecule has 0 radical (unpaired) electrons. The van der Waals surface area contributed by atoms with Gasteiger partial charge in [-0.3, -0.25) is 14.6 Å². The third-order valence-corrected chi connectivity index (χ3v) is 4.32. The number of likely N-dealkylation sites (tertiary alicyclic amines) is 1. The molecule has 0 spiro atoms. The lowest BCUT2D eigenvalue weighted by atomic mass is 9.99. The van der Waals surface area contributed by atoms with Crippen LogP contribution in [0.3, 0.4) is 0 Å². The van der Waals surface area contributed by atoms with Crippen molar-refractivity contribution >= 4 is 5.97 Å². The van der Waals surface area contributed by atoms with Crippen LogP contribution in [-0.2, 0) is 14.3 Å². The van der Waals surface area contributed by atoms with Gasteiger partial charge in [-0.05, 0) is 12.5 Å². The summed E-state index contributed by atoms with van der Waals surface area (Å²) in [4.78, 5) is 16.4. The molecule has 0 aromatic heterocycles. The van der Waals surface area contributed by atoms with E-state index in [2.05, 4.69) is 23.6 Å². The third kappa shape index (κ3) is 3.68. The van der Waals surface area contributed by atoms with E-state index >= 15 is 0 Å². The minimum absolute atomic E-state index is 0.0240. The molecule has 5 nitrogen and oxygen atoms in total. The van der Waals surface area contributed by atoms with Crippen LogP contribution >= 0.6 is 0 Å². The maximum atomic E-state index is 11.7. The van der Waals surface area contributed by atoms with Gasteiger partial charge in [-0.1, -0.05) is 13.8 Å². The second-order valence-corrected chi connectivity index (χ2v) is 5.71. The Kier molecular flexibility index (Phi) is 5.19. The Balaban J connectivity index is 1.82. The zero-order valence-electron chi connectivity index (χ0n) is 12.3. The number of esters is 1. The van der Waals surface area contributed by atoms with Gasteiger partial charge in [0.25, 0.3) is 0 Å². The van der Waals surface area contributed by atoms with E-state index in [0.29, 0.717) is 5.92 Å². The number of carbonyl (C=O) groups excluding carboxylic acids is 1. The van der Waals surface area contributed by atoms with Gasteiger partial charge < -0.3 is 9.47 Å². The van der Waals surface area contributed by atoms with Crippen LogP contribution in [0.5, 0.6) is 0 Å². The Bertz CT molecular complexity index is 311. The van der Waals surface area contributed by atoms with Crippen molar-refractivity contribution in [3.63, 3.8) is 0 Å². The summed E-state index contributed by atoms with van der Waals surface area (Å²) in [7, 11) is 1.47. The van der Waals surface area contributed by atoms with Crippen LogP contribution in [0.15, 0.2) is 0 Å². The van der Waals surface area contributed by atoms with Crippen molar-refractivity contribution in [1.82, 2.24) is 9.80 Å². The van der Waals surface area contributed by atoms with Crippen LogP contribution in [0.25, 0.3) is 0 Å². The van der Waals surface area contributed by atoms with E-state index in [1.165, 1.54) is 7.11 Å². The first-order chi connectivity index (χ1) is 9.13. The van der Waals surface area contributed by atoms with Crippen LogP contribution in [0, 0.1) is 11.8 Å². The molecule has 0 N–H and O–H groups in total. The van der Waals surface area contributed by atoms with Crippen molar-refractivity contribution in [3.05, 3.63) is 0 Å². The fourth-order valence-corrected chi connectivity index (χ4v) is 3.14. The number of hydrogen-bond acceptors (Lipinski definition) is 5. The summed E-state index contributed by atoms with van der Waals surface area (Å²) in [6.07, 6.45) is 0.275. The standard InChI is InChI=1S/C14H26N2O3/c1-4-15-5-6-19-12(8-15)9-16-7-11(2)13(10-16)14(17)18-3/h11-13H,4-10H2,1-3H3. The van der Waals surface area contributed by atoms with Gasteiger partial charge in [-0.25, -0.2) is 0 Å². The third-order valence-electron chi connectivity index (χ3n) is 4.32. The average Bonchev–Trinajstić information content (AvgIpc) is 2.79. The molecule has 2 rings (SSSR count). The maximum Gasteiger partial charge on any atom is 0.310 e. The van der Waals surface area contributed by atoms with Crippen LogP contribution in [0.4, 0.5) is 0 Å². The fraction of sp³-hybridized carbons (Fsp3) is 0.929. The number of ether oxygens (including phenoxy) is 2. The normalized spacial score (nSPS) is 33.5. The zero-order valence-corrected chi connectivity index (χ0v) is 12.3. The largest absolute Gasteiger partial charge is 0.469 e. The van der Waals surface area contributed by atoms with E-state index in [9.17, 15) is 4.79 Å². The molecule has 0 amide bonds. The maximum absolute atomic E-state index is 11.7. The van der Waals surface area contributed by atoms with Gasteiger partial charge in [0.1, 0.15) is 0 Å². The highest BCUT2D eigenvalue weighted by molar-refractivity contribution is 5.73. The first-order valence-corrected chi connectivity index (χ1v) is 7.28. The predicted molar refractivity (Wildman–Crippen MR) is 73.0 cm³/mol. The summed E-state index contributed by atoms with van der Waals surface area (Å²) >= 11 is 0. The van der Waals surface area contributed by atoms with Gasteiger partial charge in [0.2, 0.25) is 0 Å². The quantitative estimate of drug-likeness (QED) is 0.694. The lowest BCUT2D eigenvalue weighted by Crippen LogP contribution is -2.47. The van der Waals surface area contributed by atoms with E-state index in [4.69, 9.17) is 9.47 Å². The highest BCUT2D eigenvalue weighted by atomic mass is 16.5. The Hall–Kier alpha value is -0.650. The summed E-state index contributed by atoms with van der Waals surface area (Å²) < 4.78 is 10.7. The zero-order chi connectivity index (χ0) is 13.8. The smallest absolute Gasteiger partial charge is 0.310 e. The van der Waals surface area contributed by atoms with E-state index in [-0.39, 0.29) is 18.0 Å². The second kappa shape index (κ2) is 6.68. The number of nitrogens with zero attached hydrogens (tertiary/aromatic N) is 2. The van der Waals surface area contributed by atoms with Crippen LogP contribution in [0.1, 0.15) is 13.8 Å². The van der Waals surface area contributed by atoms with Gasteiger partial charge in [0.15, 0.2) is 0 Å². The molecule has 0 aromatic rings.